The minimum atomic E-state index is -4.77. The molecule has 0 saturated heterocycles. The molecular formula is C27H35F3N2O6. The zero-order valence-corrected chi connectivity index (χ0v) is 22.0. The third kappa shape index (κ3) is 8.88. The summed E-state index contributed by atoms with van der Waals surface area (Å²) in [5, 5.41) is 14.6. The Balaban J connectivity index is 2.28. The van der Waals surface area contributed by atoms with E-state index in [0.29, 0.717) is 6.42 Å². The van der Waals surface area contributed by atoms with Gasteiger partial charge in [0.2, 0.25) is 0 Å². The maximum atomic E-state index is 13.2. The number of rotatable bonds is 14. The number of nitro groups is 1. The molecular weight excluding hydrogens is 505 g/mol. The second-order valence-electron chi connectivity index (χ2n) is 9.25. The number of nitrogens with zero attached hydrogens (tertiary/aromatic N) is 1. The third-order valence-electron chi connectivity index (χ3n) is 6.24. The topological polar surface area (TPSA) is 108 Å². The van der Waals surface area contributed by atoms with E-state index in [4.69, 9.17) is 4.74 Å². The fraction of sp³-hybridized carbons (Fsp3) is 0.556. The van der Waals surface area contributed by atoms with Crippen LogP contribution >= 0.6 is 0 Å². The van der Waals surface area contributed by atoms with Gasteiger partial charge >= 0.3 is 18.1 Å². The zero-order chi connectivity index (χ0) is 28.3. The van der Waals surface area contributed by atoms with Crippen LogP contribution in [0.4, 0.5) is 18.9 Å². The maximum Gasteiger partial charge on any atom is 0.422 e. The SMILES string of the molecule is CCCCCCCCCCOC(=O)C1=C(C)NC(C)=C(C(=O)OCC(F)(F)F)C1c1ccccc1[N+](=O)[O-]. The second-order valence-corrected chi connectivity index (χ2v) is 9.25. The molecule has 1 atom stereocenters. The van der Waals surface area contributed by atoms with E-state index in [1.807, 2.05) is 0 Å². The Labute approximate surface area is 220 Å². The minimum Gasteiger partial charge on any atom is -0.462 e. The van der Waals surface area contributed by atoms with Crippen molar-refractivity contribution in [3.63, 3.8) is 0 Å². The average molecular weight is 541 g/mol. The fourth-order valence-electron chi connectivity index (χ4n) is 4.45. The van der Waals surface area contributed by atoms with Crippen molar-refractivity contribution in [3.05, 3.63) is 62.5 Å². The molecule has 210 valence electrons. The van der Waals surface area contributed by atoms with Gasteiger partial charge in [-0.2, -0.15) is 13.2 Å². The predicted octanol–water partition coefficient (Wildman–Crippen LogP) is 6.62. The number of nitrogens with one attached hydrogen (secondary N) is 1. The normalized spacial score (nSPS) is 15.8. The summed E-state index contributed by atoms with van der Waals surface area (Å²) in [6.45, 7) is 3.38. The van der Waals surface area contributed by atoms with E-state index >= 15 is 0 Å². The summed E-state index contributed by atoms with van der Waals surface area (Å²) in [5.74, 6) is -3.50. The van der Waals surface area contributed by atoms with Crippen molar-refractivity contribution < 1.29 is 37.2 Å². The number of carbonyl (C=O) groups is 2. The maximum absolute atomic E-state index is 13.2. The molecule has 0 aromatic heterocycles. The number of ether oxygens (including phenoxy) is 2. The van der Waals surface area contributed by atoms with Crippen LogP contribution in [0.15, 0.2) is 46.8 Å². The first-order valence-corrected chi connectivity index (χ1v) is 12.8. The lowest BCUT2D eigenvalue weighted by atomic mass is 9.79. The number of benzene rings is 1. The van der Waals surface area contributed by atoms with Crippen LogP contribution in [0, 0.1) is 10.1 Å². The van der Waals surface area contributed by atoms with E-state index < -0.39 is 41.3 Å². The number of allylic oxidation sites excluding steroid dienone is 2. The Bertz CT molecular complexity index is 1070. The number of hydrogen-bond acceptors (Lipinski definition) is 7. The molecule has 0 radical (unpaired) electrons. The molecule has 11 heteroatoms. The summed E-state index contributed by atoms with van der Waals surface area (Å²) in [6, 6.07) is 5.45. The van der Waals surface area contributed by atoms with Gasteiger partial charge in [0.15, 0.2) is 6.61 Å². The molecule has 1 aliphatic heterocycles. The highest BCUT2D eigenvalue weighted by atomic mass is 19.4. The van der Waals surface area contributed by atoms with E-state index in [1.54, 1.807) is 0 Å². The average Bonchev–Trinajstić information content (AvgIpc) is 2.85. The van der Waals surface area contributed by atoms with Crippen LogP contribution in [0.3, 0.4) is 0 Å². The van der Waals surface area contributed by atoms with Crippen LogP contribution in [-0.2, 0) is 19.1 Å². The quantitative estimate of drug-likeness (QED) is 0.122. The molecule has 8 nitrogen and oxygen atoms in total. The van der Waals surface area contributed by atoms with Gasteiger partial charge in [0.05, 0.1) is 28.6 Å². The first-order chi connectivity index (χ1) is 18.0. The Hall–Kier alpha value is -3.37. The number of halogens is 3. The second kappa shape index (κ2) is 14.5. The number of dihydropyridines is 1. The molecule has 38 heavy (non-hydrogen) atoms. The number of esters is 2. The van der Waals surface area contributed by atoms with Gasteiger partial charge in [-0.1, -0.05) is 70.1 Å². The van der Waals surface area contributed by atoms with Gasteiger partial charge < -0.3 is 14.8 Å². The Kier molecular flexibility index (Phi) is 11.8. The van der Waals surface area contributed by atoms with Gasteiger partial charge in [0.25, 0.3) is 5.69 Å². The summed E-state index contributed by atoms with van der Waals surface area (Å²) in [6.07, 6.45) is 3.52. The van der Waals surface area contributed by atoms with Crippen LogP contribution in [0.2, 0.25) is 0 Å². The minimum absolute atomic E-state index is 0.0318. The number of unbranched alkanes of at least 4 members (excludes halogenated alkanes) is 7. The van der Waals surface area contributed by atoms with E-state index in [9.17, 15) is 32.9 Å². The van der Waals surface area contributed by atoms with E-state index in [0.717, 1.165) is 25.7 Å². The first-order valence-electron chi connectivity index (χ1n) is 12.8. The van der Waals surface area contributed by atoms with E-state index in [1.165, 1.54) is 57.4 Å². The predicted molar refractivity (Wildman–Crippen MR) is 135 cm³/mol. The van der Waals surface area contributed by atoms with Gasteiger partial charge in [-0.15, -0.1) is 0 Å². The Morgan fingerprint density at radius 1 is 0.921 bits per heavy atom. The van der Waals surface area contributed by atoms with Gasteiger partial charge in [-0.25, -0.2) is 9.59 Å². The smallest absolute Gasteiger partial charge is 0.422 e. The van der Waals surface area contributed by atoms with Crippen molar-refractivity contribution in [1.82, 2.24) is 5.32 Å². The molecule has 0 amide bonds. The summed E-state index contributed by atoms with van der Waals surface area (Å²) in [5.41, 5.74) is -0.446. The molecule has 1 aromatic rings. The first kappa shape index (κ1) is 30.9. The van der Waals surface area contributed by atoms with Crippen molar-refractivity contribution in [2.45, 2.75) is 84.2 Å². The lowest BCUT2D eigenvalue weighted by Gasteiger charge is -2.30. The molecule has 2 rings (SSSR count). The zero-order valence-electron chi connectivity index (χ0n) is 22.0. The van der Waals surface area contributed by atoms with Gasteiger partial charge in [0, 0.05) is 23.0 Å². The molecule has 0 saturated carbocycles. The van der Waals surface area contributed by atoms with E-state index in [-0.39, 0.29) is 34.7 Å². The molecule has 1 aliphatic rings. The van der Waals surface area contributed by atoms with Crippen molar-refractivity contribution >= 4 is 17.6 Å². The number of hydrogen-bond donors (Lipinski definition) is 1. The van der Waals surface area contributed by atoms with Crippen molar-refractivity contribution in [3.8, 4) is 0 Å². The number of para-hydroxylation sites is 1. The molecule has 0 spiro atoms. The number of carbonyl (C=O) groups excluding carboxylic acids is 2. The Morgan fingerprint density at radius 3 is 2.00 bits per heavy atom. The molecule has 1 aromatic carbocycles. The highest BCUT2D eigenvalue weighted by molar-refractivity contribution is 6.00. The summed E-state index contributed by atoms with van der Waals surface area (Å²) < 4.78 is 48.2. The van der Waals surface area contributed by atoms with Crippen molar-refractivity contribution in [2.24, 2.45) is 0 Å². The standard InChI is InChI=1S/C27H35F3N2O6/c1-4-5-6-7-8-9-10-13-16-37-25(33)22-18(2)31-19(3)23(26(34)38-17-27(28,29)30)24(22)20-14-11-12-15-21(20)32(35)36/h11-12,14-15,24,31H,4-10,13,16-17H2,1-3H3. The molecule has 1 unspecified atom stereocenters. The monoisotopic (exact) mass is 540 g/mol. The van der Waals surface area contributed by atoms with Crippen molar-refractivity contribution in [1.29, 1.82) is 0 Å². The molecule has 1 heterocycles. The molecule has 0 fully saturated rings. The summed E-state index contributed by atoms with van der Waals surface area (Å²) in [4.78, 5) is 37.2. The van der Waals surface area contributed by atoms with Gasteiger partial charge in [-0.3, -0.25) is 10.1 Å². The molecule has 1 N–H and O–H groups in total. The molecule has 0 bridgehead atoms. The van der Waals surface area contributed by atoms with Crippen molar-refractivity contribution in [2.75, 3.05) is 13.2 Å². The highest BCUT2D eigenvalue weighted by Gasteiger charge is 2.42. The molecule has 0 aliphatic carbocycles. The fourth-order valence-corrected chi connectivity index (χ4v) is 4.45. The van der Waals surface area contributed by atoms with Crippen LogP contribution in [0.1, 0.15) is 83.6 Å². The summed E-state index contributed by atoms with van der Waals surface area (Å²) in [7, 11) is 0. The van der Waals surface area contributed by atoms with Crippen LogP contribution in [-0.4, -0.2) is 36.3 Å². The van der Waals surface area contributed by atoms with Crippen LogP contribution in [0.5, 0.6) is 0 Å². The lowest BCUT2D eigenvalue weighted by Crippen LogP contribution is -2.34. The van der Waals surface area contributed by atoms with Crippen LogP contribution in [0.25, 0.3) is 0 Å². The highest BCUT2D eigenvalue weighted by Crippen LogP contribution is 2.42. The van der Waals surface area contributed by atoms with Gasteiger partial charge in [-0.05, 0) is 20.3 Å². The Morgan fingerprint density at radius 2 is 1.45 bits per heavy atom. The summed E-state index contributed by atoms with van der Waals surface area (Å²) >= 11 is 0. The third-order valence-corrected chi connectivity index (χ3v) is 6.24. The van der Waals surface area contributed by atoms with E-state index in [2.05, 4.69) is 17.0 Å². The largest absolute Gasteiger partial charge is 0.462 e. The van der Waals surface area contributed by atoms with Gasteiger partial charge in [0.1, 0.15) is 0 Å². The number of alkyl halides is 3. The van der Waals surface area contributed by atoms with Crippen LogP contribution < -0.4 is 5.32 Å². The number of nitro benzene ring substituents is 1. The lowest BCUT2D eigenvalue weighted by molar-refractivity contribution is -0.385.